The maximum atomic E-state index is 4.81. The molecule has 0 spiro atoms. The second-order valence-corrected chi connectivity index (χ2v) is 13.1. The molecular formula is C26H39N3S. The van der Waals surface area contributed by atoms with Gasteiger partial charge in [0.1, 0.15) is 5.65 Å². The standard InChI is InChI=1S/C26H39N3S/c1-23(2,3)19-17-29-16-18(11-12-21(29)28-19)25(7,8)13-14-26(9,10)20-15-27-22(30-20)24(4,5)6/h11-12,15-17H,13-14H2,1-10H3. The Hall–Kier alpha value is -1.68. The number of fused-ring (bicyclic) bond motifs is 1. The number of aromatic nitrogens is 3. The van der Waals surface area contributed by atoms with Gasteiger partial charge in [-0.25, -0.2) is 9.97 Å². The first-order valence-electron chi connectivity index (χ1n) is 11.1. The van der Waals surface area contributed by atoms with E-state index in [1.54, 1.807) is 0 Å². The molecule has 3 aromatic rings. The largest absolute Gasteiger partial charge is 0.307 e. The third kappa shape index (κ3) is 4.80. The summed E-state index contributed by atoms with van der Waals surface area (Å²) >= 11 is 1.88. The Morgan fingerprint density at radius 1 is 0.800 bits per heavy atom. The van der Waals surface area contributed by atoms with E-state index in [1.165, 1.54) is 15.4 Å². The Bertz CT molecular complexity index is 1020. The number of rotatable bonds is 5. The highest BCUT2D eigenvalue weighted by Crippen LogP contribution is 2.39. The van der Waals surface area contributed by atoms with Crippen LogP contribution in [0.4, 0.5) is 0 Å². The maximum Gasteiger partial charge on any atom is 0.137 e. The first kappa shape index (κ1) is 23.0. The number of nitrogens with zero attached hydrogens (tertiary/aromatic N) is 3. The second kappa shape index (κ2) is 7.47. The molecule has 3 nitrogen and oxygen atoms in total. The molecule has 3 aromatic heterocycles. The van der Waals surface area contributed by atoms with Gasteiger partial charge in [0, 0.05) is 39.7 Å². The average Bonchev–Trinajstić information content (AvgIpc) is 3.26. The van der Waals surface area contributed by atoms with E-state index in [-0.39, 0.29) is 21.7 Å². The lowest BCUT2D eigenvalue weighted by Crippen LogP contribution is -2.24. The van der Waals surface area contributed by atoms with Crippen LogP contribution in [0, 0.1) is 0 Å². The molecule has 0 atom stereocenters. The first-order chi connectivity index (χ1) is 13.6. The highest BCUT2D eigenvalue weighted by molar-refractivity contribution is 7.11. The van der Waals surface area contributed by atoms with Gasteiger partial charge < -0.3 is 4.40 Å². The van der Waals surface area contributed by atoms with E-state index in [4.69, 9.17) is 9.97 Å². The minimum atomic E-state index is 0.0619. The molecule has 3 heterocycles. The molecule has 0 unspecified atom stereocenters. The Morgan fingerprint density at radius 3 is 2.00 bits per heavy atom. The van der Waals surface area contributed by atoms with E-state index in [0.29, 0.717) is 0 Å². The predicted octanol–water partition coefficient (Wildman–Crippen LogP) is 7.42. The van der Waals surface area contributed by atoms with Crippen LogP contribution in [-0.4, -0.2) is 14.4 Å². The molecule has 0 fully saturated rings. The second-order valence-electron chi connectivity index (χ2n) is 12.1. The van der Waals surface area contributed by atoms with Gasteiger partial charge in [0.2, 0.25) is 0 Å². The van der Waals surface area contributed by atoms with Crippen LogP contribution in [0.5, 0.6) is 0 Å². The van der Waals surface area contributed by atoms with Crippen molar-refractivity contribution in [3.63, 3.8) is 0 Å². The summed E-state index contributed by atoms with van der Waals surface area (Å²) in [5.74, 6) is 0. The summed E-state index contributed by atoms with van der Waals surface area (Å²) in [4.78, 5) is 10.9. The molecule has 0 aromatic carbocycles. The van der Waals surface area contributed by atoms with Crippen LogP contribution in [-0.2, 0) is 21.7 Å². The van der Waals surface area contributed by atoms with Crippen molar-refractivity contribution in [2.24, 2.45) is 0 Å². The van der Waals surface area contributed by atoms with Gasteiger partial charge in [0.05, 0.1) is 10.7 Å². The third-order valence-electron chi connectivity index (χ3n) is 6.19. The van der Waals surface area contributed by atoms with Gasteiger partial charge >= 0.3 is 0 Å². The SMILES string of the molecule is CC(C)(C)c1cn2cc(C(C)(C)CCC(C)(C)c3cnc(C(C)(C)C)s3)ccc2n1. The minimum Gasteiger partial charge on any atom is -0.307 e. The molecule has 0 aliphatic heterocycles. The third-order valence-corrected chi connectivity index (χ3v) is 7.98. The summed E-state index contributed by atoms with van der Waals surface area (Å²) in [6.45, 7) is 22.8. The topological polar surface area (TPSA) is 30.2 Å². The van der Waals surface area contributed by atoms with E-state index < -0.39 is 0 Å². The summed E-state index contributed by atoms with van der Waals surface area (Å²) in [6, 6.07) is 4.42. The van der Waals surface area contributed by atoms with Crippen LogP contribution in [0.2, 0.25) is 0 Å². The highest BCUT2D eigenvalue weighted by atomic mass is 32.1. The van der Waals surface area contributed by atoms with Gasteiger partial charge in [-0.05, 0) is 29.9 Å². The summed E-state index contributed by atoms with van der Waals surface area (Å²) in [7, 11) is 0. The highest BCUT2D eigenvalue weighted by Gasteiger charge is 2.30. The zero-order valence-electron chi connectivity index (χ0n) is 20.6. The van der Waals surface area contributed by atoms with Crippen molar-refractivity contribution in [2.45, 2.75) is 104 Å². The Kier molecular flexibility index (Phi) is 5.73. The fourth-order valence-electron chi connectivity index (χ4n) is 3.58. The molecule has 4 heteroatoms. The molecule has 0 radical (unpaired) electrons. The van der Waals surface area contributed by atoms with Crippen molar-refractivity contribution in [2.75, 3.05) is 0 Å². The fourth-order valence-corrected chi connectivity index (χ4v) is 4.68. The fraction of sp³-hybridized carbons (Fsp3) is 0.615. The lowest BCUT2D eigenvalue weighted by Gasteiger charge is -2.31. The van der Waals surface area contributed by atoms with Crippen LogP contribution >= 0.6 is 11.3 Å². The van der Waals surface area contributed by atoms with E-state index in [1.807, 2.05) is 11.3 Å². The normalized spacial score (nSPS) is 13.9. The lowest BCUT2D eigenvalue weighted by atomic mass is 9.75. The molecule has 0 saturated heterocycles. The van der Waals surface area contributed by atoms with Crippen molar-refractivity contribution >= 4 is 17.0 Å². The van der Waals surface area contributed by atoms with Crippen molar-refractivity contribution in [1.29, 1.82) is 0 Å². The van der Waals surface area contributed by atoms with Crippen LogP contribution in [0.3, 0.4) is 0 Å². The zero-order valence-corrected chi connectivity index (χ0v) is 21.4. The van der Waals surface area contributed by atoms with Gasteiger partial charge in [-0.15, -0.1) is 11.3 Å². The molecule has 0 aliphatic rings. The molecule has 164 valence electrons. The molecule has 30 heavy (non-hydrogen) atoms. The Labute approximate surface area is 187 Å². The van der Waals surface area contributed by atoms with E-state index in [9.17, 15) is 0 Å². The van der Waals surface area contributed by atoms with Crippen LogP contribution in [0.15, 0.2) is 30.7 Å². The summed E-state index contributed by atoms with van der Waals surface area (Å²) in [5.41, 5.74) is 3.92. The van der Waals surface area contributed by atoms with Crippen molar-refractivity contribution in [3.05, 3.63) is 51.9 Å². The quantitative estimate of drug-likeness (QED) is 0.425. The minimum absolute atomic E-state index is 0.0619. The number of thiazole rings is 1. The molecular weight excluding hydrogens is 386 g/mol. The smallest absolute Gasteiger partial charge is 0.137 e. The summed E-state index contributed by atoms with van der Waals surface area (Å²) in [6.07, 6.45) is 8.80. The molecule has 0 amide bonds. The first-order valence-corrected chi connectivity index (χ1v) is 11.9. The number of imidazole rings is 1. The van der Waals surface area contributed by atoms with E-state index >= 15 is 0 Å². The molecule has 0 N–H and O–H groups in total. The molecule has 0 bridgehead atoms. The molecule has 0 saturated carbocycles. The zero-order chi connectivity index (χ0) is 22.5. The Balaban J connectivity index is 1.79. The molecule has 3 rings (SSSR count). The van der Waals surface area contributed by atoms with Gasteiger partial charge in [-0.2, -0.15) is 0 Å². The Morgan fingerprint density at radius 2 is 1.43 bits per heavy atom. The van der Waals surface area contributed by atoms with Gasteiger partial charge in [0.25, 0.3) is 0 Å². The number of hydrogen-bond donors (Lipinski definition) is 0. The predicted molar refractivity (Wildman–Crippen MR) is 130 cm³/mol. The van der Waals surface area contributed by atoms with Crippen LogP contribution in [0.25, 0.3) is 5.65 Å². The number of hydrogen-bond acceptors (Lipinski definition) is 3. The summed E-state index contributed by atoms with van der Waals surface area (Å²) in [5, 5.41) is 1.23. The van der Waals surface area contributed by atoms with Gasteiger partial charge in [-0.1, -0.05) is 75.3 Å². The van der Waals surface area contributed by atoms with Gasteiger partial charge in [-0.3, -0.25) is 0 Å². The van der Waals surface area contributed by atoms with E-state index in [2.05, 4.69) is 104 Å². The van der Waals surface area contributed by atoms with Crippen molar-refractivity contribution in [3.8, 4) is 0 Å². The van der Waals surface area contributed by atoms with Crippen molar-refractivity contribution < 1.29 is 0 Å². The summed E-state index contributed by atoms with van der Waals surface area (Å²) < 4.78 is 2.20. The molecule has 0 aliphatic carbocycles. The van der Waals surface area contributed by atoms with Crippen LogP contribution in [0.1, 0.15) is 103 Å². The van der Waals surface area contributed by atoms with Crippen LogP contribution < -0.4 is 0 Å². The lowest BCUT2D eigenvalue weighted by molar-refractivity contribution is 0.378. The average molecular weight is 426 g/mol. The van der Waals surface area contributed by atoms with Crippen molar-refractivity contribution in [1.82, 2.24) is 14.4 Å². The van der Waals surface area contributed by atoms with E-state index in [0.717, 1.165) is 24.2 Å². The monoisotopic (exact) mass is 425 g/mol. The van der Waals surface area contributed by atoms with Gasteiger partial charge in [0.15, 0.2) is 0 Å². The number of pyridine rings is 1. The maximum absolute atomic E-state index is 4.81.